The lowest BCUT2D eigenvalue weighted by atomic mass is 9.99. The second-order valence-electron chi connectivity index (χ2n) is 17.4. The van der Waals surface area contributed by atoms with E-state index in [1.165, 1.54) is 47.2 Å². The Morgan fingerprint density at radius 1 is 0.701 bits per heavy atom. The fourth-order valence-corrected chi connectivity index (χ4v) is 8.73. The average Bonchev–Trinajstić information content (AvgIpc) is 4.16. The molecule has 2 saturated carbocycles. The zero-order chi connectivity index (χ0) is 48.0. The smallest absolute Gasteiger partial charge is 0.321 e. The number of rotatable bonds is 11. The van der Waals surface area contributed by atoms with Gasteiger partial charge < -0.3 is 26.6 Å². The summed E-state index contributed by atoms with van der Waals surface area (Å²) in [6.45, 7) is 3.08. The summed E-state index contributed by atoms with van der Waals surface area (Å²) in [7, 11) is 1.50. The summed E-state index contributed by atoms with van der Waals surface area (Å²) in [5.41, 5.74) is 8.98. The molecule has 13 nitrogen and oxygen atoms in total. The van der Waals surface area contributed by atoms with E-state index in [2.05, 4.69) is 77.4 Å². The number of benzene rings is 4. The predicted octanol–water partition coefficient (Wildman–Crippen LogP) is 8.08. The van der Waals surface area contributed by atoms with Crippen LogP contribution in [0.4, 0.5) is 23.2 Å². The van der Waals surface area contributed by atoms with Gasteiger partial charge in [-0.05, 0) is 115 Å². The van der Waals surface area contributed by atoms with Crippen LogP contribution in [0.2, 0.25) is 0 Å². The number of amides is 4. The first kappa shape index (κ1) is 49.0. The number of aromatic nitrogens is 4. The van der Waals surface area contributed by atoms with Crippen molar-refractivity contribution in [1.82, 2.24) is 35.5 Å². The fraction of sp³-hybridized carbons (Fsp3) is 0.388. The first-order valence-electron chi connectivity index (χ1n) is 22.2. The molecule has 0 unspecified atom stereocenters. The van der Waals surface area contributed by atoms with E-state index in [0.29, 0.717) is 25.5 Å². The lowest BCUT2D eigenvalue weighted by molar-refractivity contribution is -0.144. The van der Waals surface area contributed by atoms with Crippen molar-refractivity contribution in [3.8, 4) is 0 Å². The summed E-state index contributed by atoms with van der Waals surface area (Å²) in [5, 5.41) is 18.4. The minimum absolute atomic E-state index is 0.00137. The van der Waals surface area contributed by atoms with Gasteiger partial charge in [-0.25, -0.2) is 0 Å². The summed E-state index contributed by atoms with van der Waals surface area (Å²) in [4.78, 5) is 49.4. The number of nitrogens with zero attached hydrogens (tertiary/aromatic N) is 5. The lowest BCUT2D eigenvalue weighted by Crippen LogP contribution is -2.46. The zero-order valence-corrected chi connectivity index (χ0v) is 39.5. The molecule has 2 aliphatic heterocycles. The molecule has 5 N–H and O–H groups in total. The molecule has 67 heavy (non-hydrogen) atoms. The van der Waals surface area contributed by atoms with Gasteiger partial charge in [0.05, 0.1) is 47.6 Å². The lowest BCUT2D eigenvalue weighted by Gasteiger charge is -2.29. The number of anilines is 1. The Kier molecular flexibility index (Phi) is 15.3. The Bertz CT molecular complexity index is 2680. The van der Waals surface area contributed by atoms with Crippen molar-refractivity contribution in [1.29, 1.82) is 0 Å². The summed E-state index contributed by atoms with van der Waals surface area (Å²) < 4.78 is 58.3. The molecule has 6 aromatic rings. The molecule has 4 amide bonds. The van der Waals surface area contributed by atoms with E-state index < -0.39 is 47.8 Å². The van der Waals surface area contributed by atoms with Crippen molar-refractivity contribution in [2.45, 2.75) is 101 Å². The van der Waals surface area contributed by atoms with Gasteiger partial charge in [0.1, 0.15) is 0 Å². The van der Waals surface area contributed by atoms with Gasteiger partial charge in [0.2, 0.25) is 11.8 Å². The minimum atomic E-state index is -3.52. The normalized spacial score (nSPS) is 20.2. The van der Waals surface area contributed by atoms with Crippen molar-refractivity contribution >= 4 is 73.7 Å². The molecule has 0 radical (unpaired) electrons. The first-order valence-corrected chi connectivity index (χ1v) is 23.3. The van der Waals surface area contributed by atoms with Crippen molar-refractivity contribution in [2.24, 2.45) is 17.6 Å². The second kappa shape index (κ2) is 21.0. The highest BCUT2D eigenvalue weighted by Gasteiger charge is 2.45. The summed E-state index contributed by atoms with van der Waals surface area (Å²) in [6.07, 6.45) is 8.92. The maximum absolute atomic E-state index is 13.6. The summed E-state index contributed by atoms with van der Waals surface area (Å²) in [6, 6.07) is 27.8. The third kappa shape index (κ3) is 12.4. The second-order valence-corrected chi connectivity index (χ2v) is 18.7. The van der Waals surface area contributed by atoms with Gasteiger partial charge in [-0.3, -0.25) is 28.5 Å². The van der Waals surface area contributed by atoms with Crippen LogP contribution in [-0.4, -0.2) is 74.2 Å². The van der Waals surface area contributed by atoms with E-state index in [-0.39, 0.29) is 24.7 Å². The topological polar surface area (TPSA) is 169 Å². The highest BCUT2D eigenvalue weighted by molar-refractivity contribution is 14.1. The number of hydrogen-bond acceptors (Lipinski definition) is 7. The Balaban J connectivity index is 0.000000161. The van der Waals surface area contributed by atoms with Crippen LogP contribution in [0.25, 0.3) is 21.8 Å². The molecule has 2 aliphatic carbocycles. The van der Waals surface area contributed by atoms with E-state index in [4.69, 9.17) is 0 Å². The molecule has 4 atom stereocenters. The van der Waals surface area contributed by atoms with Crippen molar-refractivity contribution in [3.63, 3.8) is 0 Å². The van der Waals surface area contributed by atoms with E-state index in [1.807, 2.05) is 65.5 Å². The van der Waals surface area contributed by atoms with Gasteiger partial charge in [-0.2, -0.15) is 27.8 Å². The molecule has 4 aromatic carbocycles. The van der Waals surface area contributed by atoms with Crippen LogP contribution >= 0.6 is 22.6 Å². The van der Waals surface area contributed by atoms with Gasteiger partial charge in [0, 0.05) is 59.8 Å². The Morgan fingerprint density at radius 3 is 1.72 bits per heavy atom. The molecule has 0 bridgehead atoms. The van der Waals surface area contributed by atoms with Gasteiger partial charge in [-0.1, -0.05) is 60.7 Å². The fourth-order valence-electron chi connectivity index (χ4n) is 8.21. The van der Waals surface area contributed by atoms with E-state index >= 15 is 0 Å². The van der Waals surface area contributed by atoms with E-state index in [1.54, 1.807) is 35.4 Å². The third-order valence-corrected chi connectivity index (χ3v) is 12.6. The Morgan fingerprint density at radius 2 is 1.19 bits per heavy atom. The largest absolute Gasteiger partial charge is 0.347 e. The Labute approximate surface area is 399 Å². The molecule has 354 valence electrons. The number of hydrogen-bond donors (Lipinski definition) is 4. The zero-order valence-electron chi connectivity index (χ0n) is 37.3. The van der Waals surface area contributed by atoms with Crippen LogP contribution in [0.5, 0.6) is 0 Å². The minimum Gasteiger partial charge on any atom is -0.347 e. The highest BCUT2D eigenvalue weighted by Crippen LogP contribution is 2.39. The number of nitrogens with two attached hydrogens (primary N) is 1. The molecule has 10 rings (SSSR count). The third-order valence-electron chi connectivity index (χ3n) is 11.9. The van der Waals surface area contributed by atoms with Crippen LogP contribution in [0, 0.1) is 15.4 Å². The standard InChI is InChI=1S/C24H24F2N4O2.C13H14F2N2O2.C11H11IN2.CH5N/c1-24(25,26)23(32)28-19-12-21(31)30(22(19)16-5-3-2-4-6-16)18-9-10-20-17(11-18)13-27-29(20)14-15-7-8-15;1-13(14,15)12(19)16-9-7-10(18)17-11(9)8-5-3-2-4-6-8;12-10-3-4-11-9(5-10)6-13-14(11)7-8-1-2-8;1-2/h2-6,9-11,13,15,19,22H,7-8,12,14H2,1H3,(H,28,32);2-6,9,11H,7H2,1H3,(H,16,19)(H,17,18);3-6,8H,1-2,7H2;2H2,1H3/t19-,22+;9-,11+;;/m00../s1. The number of alkyl halides is 4. The van der Waals surface area contributed by atoms with Gasteiger partial charge in [0.25, 0.3) is 11.8 Å². The average molecular weight is 1040 g/mol. The molecule has 4 aliphatic rings. The molecule has 0 spiro atoms. The summed E-state index contributed by atoms with van der Waals surface area (Å²) >= 11 is 2.34. The molecule has 4 fully saturated rings. The van der Waals surface area contributed by atoms with Gasteiger partial charge in [0.15, 0.2) is 0 Å². The SMILES string of the molecule is CC(F)(F)C(=O)N[C@H]1CC(=O)N(c2ccc3c(cnn3CC3CC3)c2)[C@@H]1c1ccccc1.CC(F)(F)C(=O)N[C@H]1CC(=O)N[C@@H]1c1ccccc1.CN.Ic1ccc2c(cnn2CC2CC2)c1. The van der Waals surface area contributed by atoms with E-state index in [9.17, 15) is 36.7 Å². The van der Waals surface area contributed by atoms with Gasteiger partial charge in [-0.15, -0.1) is 0 Å². The number of carbonyl (C=O) groups excluding carboxylic acids is 4. The van der Waals surface area contributed by atoms with Crippen molar-refractivity contribution < 1.29 is 36.7 Å². The molecule has 2 saturated heterocycles. The van der Waals surface area contributed by atoms with Crippen LogP contribution in [0.1, 0.15) is 75.6 Å². The number of carbonyl (C=O) groups is 4. The molecule has 4 heterocycles. The van der Waals surface area contributed by atoms with Crippen LogP contribution < -0.4 is 26.6 Å². The quantitative estimate of drug-likeness (QED) is 0.0752. The molecular formula is C49H54F4IN9O4. The molecule has 18 heteroatoms. The van der Waals surface area contributed by atoms with Crippen LogP contribution in [0.3, 0.4) is 0 Å². The monoisotopic (exact) mass is 1040 g/mol. The molecular weight excluding hydrogens is 981 g/mol. The van der Waals surface area contributed by atoms with Crippen molar-refractivity contribution in [3.05, 3.63) is 124 Å². The van der Waals surface area contributed by atoms with Crippen LogP contribution in [0.15, 0.2) is 109 Å². The maximum Gasteiger partial charge on any atom is 0.321 e. The summed E-state index contributed by atoms with van der Waals surface area (Å²) in [5.74, 6) is -8.64. The highest BCUT2D eigenvalue weighted by atomic mass is 127. The number of nitrogens with one attached hydrogen (secondary N) is 3. The van der Waals surface area contributed by atoms with E-state index in [0.717, 1.165) is 41.0 Å². The Hall–Kier alpha value is -5.89. The number of halogens is 5. The first-order chi connectivity index (χ1) is 32.0. The molecule has 2 aromatic heterocycles. The predicted molar refractivity (Wildman–Crippen MR) is 256 cm³/mol. The van der Waals surface area contributed by atoms with Gasteiger partial charge >= 0.3 is 11.8 Å². The maximum atomic E-state index is 13.6. The van der Waals surface area contributed by atoms with Crippen LogP contribution in [-0.2, 0) is 32.3 Å². The number of fused-ring (bicyclic) bond motifs is 2. The van der Waals surface area contributed by atoms with Crippen molar-refractivity contribution in [2.75, 3.05) is 11.9 Å².